The second-order valence-corrected chi connectivity index (χ2v) is 7.70. The lowest BCUT2D eigenvalue weighted by molar-refractivity contribution is 0.0977. The lowest BCUT2D eigenvalue weighted by Gasteiger charge is -2.13. The van der Waals surface area contributed by atoms with Crippen LogP contribution in [0.4, 0.5) is 5.69 Å². The summed E-state index contributed by atoms with van der Waals surface area (Å²) in [5.41, 5.74) is 4.58. The van der Waals surface area contributed by atoms with Crippen LogP contribution in [0.5, 0.6) is 5.75 Å². The number of benzene rings is 2. The highest BCUT2D eigenvalue weighted by Gasteiger charge is 2.12. The molecule has 168 valence electrons. The average molecular weight is 454 g/mol. The minimum Gasteiger partial charge on any atom is -0.497 e. The molecule has 0 atom stereocenters. The number of aromatic nitrogens is 2. The Balaban J connectivity index is 1.79. The van der Waals surface area contributed by atoms with Gasteiger partial charge in [0, 0.05) is 41.1 Å². The van der Waals surface area contributed by atoms with Gasteiger partial charge < -0.3 is 10.1 Å². The van der Waals surface area contributed by atoms with E-state index in [0.717, 1.165) is 30.0 Å². The van der Waals surface area contributed by atoms with Gasteiger partial charge in [-0.05, 0) is 69.2 Å². The van der Waals surface area contributed by atoms with Gasteiger partial charge in [-0.15, -0.1) is 0 Å². The molecule has 0 saturated heterocycles. The smallest absolute Gasteiger partial charge is 0.257 e. The van der Waals surface area contributed by atoms with Crippen LogP contribution in [0.15, 0.2) is 53.5 Å². The summed E-state index contributed by atoms with van der Waals surface area (Å²) in [4.78, 5) is 17.4. The fourth-order valence-corrected chi connectivity index (χ4v) is 3.54. The topological polar surface area (TPSA) is 80.5 Å². The van der Waals surface area contributed by atoms with E-state index in [1.165, 1.54) is 5.56 Å². The third kappa shape index (κ3) is 5.88. The van der Waals surface area contributed by atoms with Crippen molar-refractivity contribution in [2.24, 2.45) is 4.99 Å². The normalized spacial score (nSPS) is 11.3. The maximum absolute atomic E-state index is 12.8. The van der Waals surface area contributed by atoms with Crippen LogP contribution < -0.4 is 15.4 Å². The Morgan fingerprint density at radius 3 is 2.59 bits per heavy atom. The van der Waals surface area contributed by atoms with E-state index in [1.807, 2.05) is 35.9 Å². The molecule has 0 aliphatic carbocycles. The molecular formula is C24H28ClN5O2. The van der Waals surface area contributed by atoms with Crippen LogP contribution in [0.2, 0.25) is 5.02 Å². The lowest BCUT2D eigenvalue weighted by Crippen LogP contribution is -2.36. The maximum atomic E-state index is 12.8. The molecule has 3 aromatic rings. The standard InChI is InChI=1S/C24H28ClN5O2/c1-5-30-17(3)22(16(2)29-30)13-14-26-24(27-20-7-6-8-21(15-20)32-4)28-23(31)18-9-11-19(25)12-10-18/h6-12,15H,5,13-14H2,1-4H3,(H2,26,27,28,31). The molecule has 1 amide bonds. The molecule has 0 fully saturated rings. The summed E-state index contributed by atoms with van der Waals surface area (Å²) in [6, 6.07) is 14.1. The summed E-state index contributed by atoms with van der Waals surface area (Å²) in [5.74, 6) is 0.787. The van der Waals surface area contributed by atoms with Crippen LogP contribution in [0, 0.1) is 13.8 Å². The van der Waals surface area contributed by atoms with Crippen molar-refractivity contribution >= 4 is 29.2 Å². The summed E-state index contributed by atoms with van der Waals surface area (Å²) in [5, 5.41) is 11.2. The monoisotopic (exact) mass is 453 g/mol. The van der Waals surface area contributed by atoms with E-state index in [2.05, 4.69) is 34.6 Å². The number of halogens is 1. The van der Waals surface area contributed by atoms with E-state index in [0.29, 0.717) is 28.8 Å². The van der Waals surface area contributed by atoms with Gasteiger partial charge in [-0.2, -0.15) is 5.10 Å². The Labute approximate surface area is 193 Å². The van der Waals surface area contributed by atoms with Gasteiger partial charge in [0.1, 0.15) is 5.75 Å². The van der Waals surface area contributed by atoms with Gasteiger partial charge >= 0.3 is 0 Å². The van der Waals surface area contributed by atoms with E-state index in [4.69, 9.17) is 16.3 Å². The van der Waals surface area contributed by atoms with Crippen LogP contribution in [-0.4, -0.2) is 35.3 Å². The fraction of sp³-hybridized carbons (Fsp3) is 0.292. The number of aryl methyl sites for hydroxylation is 2. The molecule has 0 bridgehead atoms. The highest BCUT2D eigenvalue weighted by Crippen LogP contribution is 2.17. The van der Waals surface area contributed by atoms with Gasteiger partial charge in [-0.1, -0.05) is 17.7 Å². The number of methoxy groups -OCH3 is 1. The molecule has 2 N–H and O–H groups in total. The molecule has 0 aliphatic rings. The molecule has 8 heteroatoms. The number of guanidine groups is 1. The van der Waals surface area contributed by atoms with Crippen molar-refractivity contribution in [2.45, 2.75) is 33.7 Å². The molecule has 1 heterocycles. The molecule has 0 unspecified atom stereocenters. The zero-order valence-electron chi connectivity index (χ0n) is 18.8. The Bertz CT molecular complexity index is 1110. The summed E-state index contributed by atoms with van der Waals surface area (Å²) in [7, 11) is 1.61. The van der Waals surface area contributed by atoms with Crippen LogP contribution in [0.25, 0.3) is 0 Å². The lowest BCUT2D eigenvalue weighted by atomic mass is 10.1. The number of carbonyl (C=O) groups excluding carboxylic acids is 1. The van der Waals surface area contributed by atoms with Crippen LogP contribution in [0.1, 0.15) is 34.2 Å². The van der Waals surface area contributed by atoms with Gasteiger partial charge in [-0.3, -0.25) is 19.8 Å². The highest BCUT2D eigenvalue weighted by atomic mass is 35.5. The van der Waals surface area contributed by atoms with Crippen LogP contribution >= 0.6 is 11.6 Å². The van der Waals surface area contributed by atoms with E-state index >= 15 is 0 Å². The van der Waals surface area contributed by atoms with E-state index in [-0.39, 0.29) is 5.91 Å². The maximum Gasteiger partial charge on any atom is 0.257 e. The summed E-state index contributed by atoms with van der Waals surface area (Å²) in [6.45, 7) is 7.47. The average Bonchev–Trinajstić information content (AvgIpc) is 3.07. The molecule has 32 heavy (non-hydrogen) atoms. The number of ether oxygens (including phenoxy) is 1. The van der Waals surface area contributed by atoms with Crippen molar-refractivity contribution in [1.82, 2.24) is 15.1 Å². The third-order valence-electron chi connectivity index (χ3n) is 5.13. The number of carbonyl (C=O) groups is 1. The molecule has 0 spiro atoms. The van der Waals surface area contributed by atoms with Crippen molar-refractivity contribution < 1.29 is 9.53 Å². The number of hydrogen-bond donors (Lipinski definition) is 2. The molecule has 3 rings (SSSR count). The Morgan fingerprint density at radius 2 is 1.94 bits per heavy atom. The van der Waals surface area contributed by atoms with Crippen molar-refractivity contribution in [3.63, 3.8) is 0 Å². The number of nitrogens with one attached hydrogen (secondary N) is 2. The second kappa shape index (κ2) is 10.8. The van der Waals surface area contributed by atoms with E-state index in [1.54, 1.807) is 31.4 Å². The van der Waals surface area contributed by atoms with Crippen molar-refractivity contribution in [2.75, 3.05) is 19.0 Å². The van der Waals surface area contributed by atoms with Crippen molar-refractivity contribution in [3.8, 4) is 5.75 Å². The van der Waals surface area contributed by atoms with Gasteiger partial charge in [0.15, 0.2) is 0 Å². The molecule has 2 aromatic carbocycles. The van der Waals surface area contributed by atoms with Crippen molar-refractivity contribution in [3.05, 3.63) is 76.1 Å². The van der Waals surface area contributed by atoms with Gasteiger partial charge in [0.25, 0.3) is 5.91 Å². The number of nitrogens with zero attached hydrogens (tertiary/aromatic N) is 3. The third-order valence-corrected chi connectivity index (χ3v) is 5.39. The SMILES string of the molecule is CCn1nc(C)c(CCN=C(NC(=O)c2ccc(Cl)cc2)Nc2cccc(OC)c2)c1C. The van der Waals surface area contributed by atoms with Gasteiger partial charge in [0.05, 0.1) is 12.8 Å². The minimum atomic E-state index is -0.276. The summed E-state index contributed by atoms with van der Waals surface area (Å²) < 4.78 is 7.28. The molecule has 1 aromatic heterocycles. The zero-order valence-corrected chi connectivity index (χ0v) is 19.5. The molecule has 0 radical (unpaired) electrons. The predicted octanol–water partition coefficient (Wildman–Crippen LogP) is 4.62. The molecular weight excluding hydrogens is 426 g/mol. The Kier molecular flexibility index (Phi) is 7.89. The Hall–Kier alpha value is -3.32. The first-order valence-corrected chi connectivity index (χ1v) is 10.8. The van der Waals surface area contributed by atoms with E-state index < -0.39 is 0 Å². The highest BCUT2D eigenvalue weighted by molar-refractivity contribution is 6.30. The van der Waals surface area contributed by atoms with Gasteiger partial charge in [-0.25, -0.2) is 0 Å². The number of aliphatic imine (C=N–C) groups is 1. The molecule has 0 saturated carbocycles. The molecule has 7 nitrogen and oxygen atoms in total. The van der Waals surface area contributed by atoms with Gasteiger partial charge in [0.2, 0.25) is 5.96 Å². The predicted molar refractivity (Wildman–Crippen MR) is 129 cm³/mol. The summed E-state index contributed by atoms with van der Waals surface area (Å²) >= 11 is 5.94. The fourth-order valence-electron chi connectivity index (χ4n) is 3.41. The quantitative estimate of drug-likeness (QED) is 0.404. The molecule has 0 aliphatic heterocycles. The first kappa shape index (κ1) is 23.3. The second-order valence-electron chi connectivity index (χ2n) is 7.26. The Morgan fingerprint density at radius 1 is 1.19 bits per heavy atom. The van der Waals surface area contributed by atoms with Crippen molar-refractivity contribution in [1.29, 1.82) is 0 Å². The number of rotatable bonds is 7. The largest absolute Gasteiger partial charge is 0.497 e. The van der Waals surface area contributed by atoms with E-state index in [9.17, 15) is 4.79 Å². The number of amides is 1. The number of anilines is 1. The minimum absolute atomic E-state index is 0.276. The van der Waals surface area contributed by atoms with Crippen LogP contribution in [-0.2, 0) is 13.0 Å². The number of hydrogen-bond acceptors (Lipinski definition) is 4. The zero-order chi connectivity index (χ0) is 23.1. The van der Waals surface area contributed by atoms with Crippen LogP contribution in [0.3, 0.4) is 0 Å². The first-order valence-electron chi connectivity index (χ1n) is 10.5. The summed E-state index contributed by atoms with van der Waals surface area (Å²) in [6.07, 6.45) is 0.720. The first-order chi connectivity index (χ1) is 15.4.